The van der Waals surface area contributed by atoms with Gasteiger partial charge in [0.15, 0.2) is 10.1 Å². The van der Waals surface area contributed by atoms with E-state index < -0.39 is 85.1 Å². The molecular weight excluding hydrogens is 564 g/mol. The van der Waals surface area contributed by atoms with Crippen LogP contribution in [0.1, 0.15) is 0 Å². The summed E-state index contributed by atoms with van der Waals surface area (Å²) in [7, 11) is 1.50. The highest BCUT2D eigenvalue weighted by Gasteiger charge is 2.38. The highest BCUT2D eigenvalue weighted by molar-refractivity contribution is 5.77. The molecule has 2 rings (SSSR count). The van der Waals surface area contributed by atoms with Gasteiger partial charge in [0, 0.05) is 0 Å². The molecule has 0 saturated heterocycles. The first-order chi connectivity index (χ1) is 18.3. The SMILES string of the molecule is CN(c1c([N+](=O)[O-])cc([N+](=O)[O-])cc1[N+](=O)[O-])[N+](=O)[O-].CN(c1c([N+](=O)[O-])cc([N+](=O)[O-])cc1[N+](=O)[O-])[N+](=O)[O-]. The van der Waals surface area contributed by atoms with Crippen LogP contribution in [0.4, 0.5) is 45.5 Å². The van der Waals surface area contributed by atoms with E-state index in [1.165, 1.54) is 0 Å². The Labute approximate surface area is 215 Å². The fourth-order valence-corrected chi connectivity index (χ4v) is 2.77. The molecule has 0 unspecified atom stereocenters. The number of non-ortho nitro benzene ring substituents is 2. The highest BCUT2D eigenvalue weighted by Crippen LogP contribution is 2.41. The lowest BCUT2D eigenvalue weighted by Gasteiger charge is -2.08. The second-order valence-corrected chi connectivity index (χ2v) is 6.73. The summed E-state index contributed by atoms with van der Waals surface area (Å²) in [6.07, 6.45) is 0. The molecular formula is C14H10N10O16. The lowest BCUT2D eigenvalue weighted by molar-refractivity contribution is -0.493. The zero-order chi connectivity index (χ0) is 31.2. The van der Waals surface area contributed by atoms with Crippen molar-refractivity contribution in [3.8, 4) is 0 Å². The van der Waals surface area contributed by atoms with Gasteiger partial charge in [-0.05, 0) is 0 Å². The third kappa shape index (κ3) is 6.71. The average Bonchev–Trinajstić information content (AvgIpc) is 2.85. The largest absolute Gasteiger partial charge is 0.312 e. The van der Waals surface area contributed by atoms with Crippen molar-refractivity contribution in [1.29, 1.82) is 0 Å². The molecule has 2 aromatic rings. The van der Waals surface area contributed by atoms with Gasteiger partial charge in [0.25, 0.3) is 22.7 Å². The van der Waals surface area contributed by atoms with Crippen molar-refractivity contribution in [2.24, 2.45) is 0 Å². The first-order valence-corrected chi connectivity index (χ1v) is 9.31. The molecule has 40 heavy (non-hydrogen) atoms. The maximum atomic E-state index is 10.8. The first-order valence-electron chi connectivity index (χ1n) is 9.31. The van der Waals surface area contributed by atoms with Gasteiger partial charge >= 0.3 is 22.7 Å². The van der Waals surface area contributed by atoms with Crippen LogP contribution in [0.5, 0.6) is 0 Å². The number of benzene rings is 2. The van der Waals surface area contributed by atoms with Gasteiger partial charge in [-0.1, -0.05) is 10.0 Å². The Bertz CT molecular complexity index is 1290. The molecule has 0 aliphatic rings. The van der Waals surface area contributed by atoms with E-state index in [-0.39, 0.29) is 10.0 Å². The molecule has 0 aromatic heterocycles. The van der Waals surface area contributed by atoms with Crippen molar-refractivity contribution >= 4 is 45.5 Å². The molecule has 2 aromatic carbocycles. The van der Waals surface area contributed by atoms with Gasteiger partial charge in [-0.15, -0.1) is 0 Å². The van der Waals surface area contributed by atoms with Gasteiger partial charge in [-0.2, -0.15) is 0 Å². The predicted molar refractivity (Wildman–Crippen MR) is 124 cm³/mol. The Kier molecular flexibility index (Phi) is 9.37. The van der Waals surface area contributed by atoms with Gasteiger partial charge < -0.3 is 0 Å². The zero-order valence-electron chi connectivity index (χ0n) is 19.3. The fraction of sp³-hybridized carbons (Fsp3) is 0.143. The summed E-state index contributed by atoms with van der Waals surface area (Å²) in [6, 6.07) is 1.68. The lowest BCUT2D eigenvalue weighted by Crippen LogP contribution is -2.26. The molecule has 0 aliphatic heterocycles. The number of nitro benzene ring substituents is 6. The van der Waals surface area contributed by atoms with E-state index in [9.17, 15) is 80.9 Å². The molecule has 0 atom stereocenters. The lowest BCUT2D eigenvalue weighted by atomic mass is 10.2. The molecule has 0 aliphatic carbocycles. The molecule has 0 fully saturated rings. The van der Waals surface area contributed by atoms with Crippen LogP contribution in [0.3, 0.4) is 0 Å². The van der Waals surface area contributed by atoms with Crippen molar-refractivity contribution in [2.75, 3.05) is 24.1 Å². The minimum Gasteiger partial charge on any atom is -0.258 e. The smallest absolute Gasteiger partial charge is 0.258 e. The summed E-state index contributed by atoms with van der Waals surface area (Å²) < 4.78 is 0. The van der Waals surface area contributed by atoms with E-state index in [0.29, 0.717) is 24.3 Å². The van der Waals surface area contributed by atoms with E-state index >= 15 is 0 Å². The Balaban J connectivity index is 0.000000400. The minimum atomic E-state index is -1.17. The van der Waals surface area contributed by atoms with E-state index in [2.05, 4.69) is 0 Å². The fourth-order valence-electron chi connectivity index (χ4n) is 2.77. The van der Waals surface area contributed by atoms with Crippen molar-refractivity contribution in [3.63, 3.8) is 0 Å². The maximum absolute atomic E-state index is 10.8. The average molecular weight is 574 g/mol. The minimum absolute atomic E-state index is 0.0555. The third-order valence-electron chi connectivity index (χ3n) is 4.45. The second kappa shape index (κ2) is 12.0. The van der Waals surface area contributed by atoms with Crippen LogP contribution >= 0.6 is 0 Å². The van der Waals surface area contributed by atoms with E-state index in [1.807, 2.05) is 0 Å². The van der Waals surface area contributed by atoms with E-state index in [4.69, 9.17) is 0 Å². The Morgan fingerprint density at radius 2 is 0.625 bits per heavy atom. The van der Waals surface area contributed by atoms with Crippen LogP contribution in [-0.4, -0.2) is 53.7 Å². The topological polar surface area (TPSA) is 352 Å². The standard InChI is InChI=1S/2C7H5N5O8/c2*1-8(12(19)20)7-5(10(15)16)2-4(9(13)14)3-6(7)11(17)18/h2*2-3H,1H3. The van der Waals surface area contributed by atoms with Crippen molar-refractivity contribution in [2.45, 2.75) is 0 Å². The molecule has 26 nitrogen and oxygen atoms in total. The maximum Gasteiger partial charge on any atom is 0.312 e. The molecule has 212 valence electrons. The summed E-state index contributed by atoms with van der Waals surface area (Å²) in [6.45, 7) is 0. The summed E-state index contributed by atoms with van der Waals surface area (Å²) in [5, 5.41) is 83.5. The van der Waals surface area contributed by atoms with Crippen LogP contribution in [0.2, 0.25) is 0 Å². The van der Waals surface area contributed by atoms with Crippen LogP contribution < -0.4 is 10.0 Å². The molecule has 0 heterocycles. The summed E-state index contributed by atoms with van der Waals surface area (Å²) in [4.78, 5) is 78.8. The number of hydrogen-bond donors (Lipinski definition) is 0. The third-order valence-corrected chi connectivity index (χ3v) is 4.45. The Hall–Kier alpha value is -6.76. The summed E-state index contributed by atoms with van der Waals surface area (Å²) >= 11 is 0. The zero-order valence-corrected chi connectivity index (χ0v) is 19.3. The van der Waals surface area contributed by atoms with E-state index in [1.54, 1.807) is 0 Å². The predicted octanol–water partition coefficient (Wildman–Crippen LogP) is 2.08. The van der Waals surface area contributed by atoms with Gasteiger partial charge in [-0.3, -0.25) is 60.7 Å². The van der Waals surface area contributed by atoms with Gasteiger partial charge in [0.05, 0.1) is 67.9 Å². The Morgan fingerprint density at radius 3 is 0.750 bits per heavy atom. The molecule has 0 bridgehead atoms. The molecule has 0 N–H and O–H groups in total. The second-order valence-electron chi connectivity index (χ2n) is 6.73. The van der Waals surface area contributed by atoms with Crippen LogP contribution in [0, 0.1) is 80.9 Å². The molecule has 0 spiro atoms. The number of hydrogen-bond acceptors (Lipinski definition) is 16. The monoisotopic (exact) mass is 574 g/mol. The van der Waals surface area contributed by atoms with Crippen molar-refractivity contribution in [3.05, 3.63) is 105 Å². The van der Waals surface area contributed by atoms with Gasteiger partial charge in [0.2, 0.25) is 0 Å². The highest BCUT2D eigenvalue weighted by atomic mass is 16.7. The number of nitro groups is 8. The van der Waals surface area contributed by atoms with E-state index in [0.717, 1.165) is 14.1 Å². The summed E-state index contributed by atoms with van der Waals surface area (Å²) in [5.74, 6) is 0. The quantitative estimate of drug-likeness (QED) is 0.289. The number of rotatable bonds is 10. The molecule has 0 saturated carbocycles. The first kappa shape index (κ1) is 31.3. The van der Waals surface area contributed by atoms with Crippen LogP contribution in [-0.2, 0) is 0 Å². The van der Waals surface area contributed by atoms with Gasteiger partial charge in [0.1, 0.15) is 0 Å². The molecule has 0 amide bonds. The van der Waals surface area contributed by atoms with Gasteiger partial charge in [-0.25, -0.2) is 20.2 Å². The van der Waals surface area contributed by atoms with Crippen LogP contribution in [0.25, 0.3) is 0 Å². The molecule has 0 radical (unpaired) electrons. The number of hydrazine groups is 2. The van der Waals surface area contributed by atoms with Crippen molar-refractivity contribution < 1.29 is 39.6 Å². The number of anilines is 2. The van der Waals surface area contributed by atoms with Crippen molar-refractivity contribution in [1.82, 2.24) is 0 Å². The Morgan fingerprint density at radius 1 is 0.425 bits per heavy atom. The summed E-state index contributed by atoms with van der Waals surface area (Å²) in [5.41, 5.74) is -8.15. The normalized spacial score (nSPS) is 9.85. The number of nitrogens with zero attached hydrogens (tertiary/aromatic N) is 10. The molecule has 26 heteroatoms. The van der Waals surface area contributed by atoms with Crippen LogP contribution in [0.15, 0.2) is 24.3 Å².